The fourth-order valence-electron chi connectivity index (χ4n) is 3.56. The van der Waals surface area contributed by atoms with Crippen LogP contribution in [0.5, 0.6) is 0 Å². The number of carbonyl (C=O) groups excluding carboxylic acids is 1. The quantitative estimate of drug-likeness (QED) is 0.823. The summed E-state index contributed by atoms with van der Waals surface area (Å²) >= 11 is 0. The third-order valence-corrected chi connectivity index (χ3v) is 4.85. The van der Waals surface area contributed by atoms with E-state index in [1.807, 2.05) is 25.1 Å². The van der Waals surface area contributed by atoms with Crippen LogP contribution in [0.3, 0.4) is 0 Å². The molecule has 2 aromatic rings. The van der Waals surface area contributed by atoms with E-state index in [2.05, 4.69) is 24.3 Å². The molecule has 0 heterocycles. The molecule has 4 nitrogen and oxygen atoms in total. The number of fused-ring (bicyclic) bond motifs is 1. The zero-order valence-corrected chi connectivity index (χ0v) is 13.8. The van der Waals surface area contributed by atoms with E-state index in [0.29, 0.717) is 19.4 Å². The largest absolute Gasteiger partial charge is 0.481 e. The second kappa shape index (κ2) is 7.04. The topological polar surface area (TPSA) is 63.6 Å². The molecule has 126 valence electrons. The maximum Gasteiger partial charge on any atom is 0.309 e. The van der Waals surface area contributed by atoms with Crippen molar-refractivity contribution in [1.29, 1.82) is 0 Å². The summed E-state index contributed by atoms with van der Waals surface area (Å²) in [5, 5.41) is 11.8. The molecule has 1 fully saturated rings. The van der Waals surface area contributed by atoms with Crippen molar-refractivity contribution in [3.8, 4) is 0 Å². The summed E-state index contributed by atoms with van der Waals surface area (Å²) in [5.41, 5.74) is 1.12. The van der Waals surface area contributed by atoms with Crippen molar-refractivity contribution in [3.63, 3.8) is 0 Å². The smallest absolute Gasteiger partial charge is 0.309 e. The van der Waals surface area contributed by atoms with Gasteiger partial charge in [-0.15, -0.1) is 0 Å². The zero-order chi connectivity index (χ0) is 17.1. The molecule has 3 atom stereocenters. The molecule has 0 aliphatic heterocycles. The Morgan fingerprint density at radius 2 is 1.92 bits per heavy atom. The van der Waals surface area contributed by atoms with E-state index in [-0.39, 0.29) is 11.9 Å². The van der Waals surface area contributed by atoms with Gasteiger partial charge in [-0.2, -0.15) is 0 Å². The Balaban J connectivity index is 1.70. The molecule has 1 saturated carbocycles. The molecule has 0 spiro atoms. The summed E-state index contributed by atoms with van der Waals surface area (Å²) in [6.45, 7) is 2.28. The highest BCUT2D eigenvalue weighted by Gasteiger charge is 2.50. The molecule has 24 heavy (non-hydrogen) atoms. The van der Waals surface area contributed by atoms with Crippen molar-refractivity contribution in [2.45, 2.75) is 26.2 Å². The van der Waals surface area contributed by atoms with Crippen LogP contribution in [-0.2, 0) is 20.7 Å². The van der Waals surface area contributed by atoms with Gasteiger partial charge < -0.3 is 9.84 Å². The second-order valence-electron chi connectivity index (χ2n) is 6.52. The number of aliphatic carboxylic acids is 1. The van der Waals surface area contributed by atoms with Crippen molar-refractivity contribution < 1.29 is 19.4 Å². The lowest BCUT2D eigenvalue weighted by Gasteiger charge is -2.40. The molecule has 0 radical (unpaired) electrons. The lowest BCUT2D eigenvalue weighted by molar-refractivity contribution is -0.169. The van der Waals surface area contributed by atoms with E-state index in [1.54, 1.807) is 0 Å². The number of hydrogen-bond acceptors (Lipinski definition) is 3. The van der Waals surface area contributed by atoms with Crippen molar-refractivity contribution in [2.75, 3.05) is 6.61 Å². The molecular weight excluding hydrogens is 304 g/mol. The van der Waals surface area contributed by atoms with Crippen molar-refractivity contribution in [1.82, 2.24) is 0 Å². The van der Waals surface area contributed by atoms with Gasteiger partial charge in [0.25, 0.3) is 0 Å². The van der Waals surface area contributed by atoms with Gasteiger partial charge in [-0.3, -0.25) is 9.59 Å². The summed E-state index contributed by atoms with van der Waals surface area (Å²) in [7, 11) is 0. The summed E-state index contributed by atoms with van der Waals surface area (Å²) in [5.74, 6) is -2.41. The highest BCUT2D eigenvalue weighted by molar-refractivity contribution is 5.84. The maximum absolute atomic E-state index is 12.0. The SMILES string of the molecule is CCCOC(=O)C1CC(Cc2ccc3ccccc3c2)C1C(=O)O. The fourth-order valence-corrected chi connectivity index (χ4v) is 3.56. The molecule has 3 unspecified atom stereocenters. The third-order valence-electron chi connectivity index (χ3n) is 4.85. The molecule has 3 rings (SSSR count). The zero-order valence-electron chi connectivity index (χ0n) is 13.8. The molecule has 2 aromatic carbocycles. The number of carboxylic acids is 1. The fraction of sp³-hybridized carbons (Fsp3) is 0.400. The van der Waals surface area contributed by atoms with E-state index in [1.165, 1.54) is 5.39 Å². The number of benzene rings is 2. The predicted octanol–water partition coefficient (Wildman–Crippen LogP) is 3.67. The number of carbonyl (C=O) groups is 2. The van der Waals surface area contributed by atoms with Crippen LogP contribution in [0.15, 0.2) is 42.5 Å². The Morgan fingerprint density at radius 1 is 1.17 bits per heavy atom. The first kappa shape index (κ1) is 16.5. The van der Waals surface area contributed by atoms with Gasteiger partial charge in [0.05, 0.1) is 18.4 Å². The van der Waals surface area contributed by atoms with Crippen LogP contribution >= 0.6 is 0 Å². The molecule has 1 N–H and O–H groups in total. The van der Waals surface area contributed by atoms with Crippen molar-refractivity contribution in [3.05, 3.63) is 48.0 Å². The van der Waals surface area contributed by atoms with Gasteiger partial charge in [0.1, 0.15) is 0 Å². The predicted molar refractivity (Wildman–Crippen MR) is 91.6 cm³/mol. The van der Waals surface area contributed by atoms with Crippen LogP contribution in [0.4, 0.5) is 0 Å². The lowest BCUT2D eigenvalue weighted by Crippen LogP contribution is -2.47. The van der Waals surface area contributed by atoms with Gasteiger partial charge in [-0.1, -0.05) is 49.4 Å². The Morgan fingerprint density at radius 3 is 2.62 bits per heavy atom. The number of esters is 1. The van der Waals surface area contributed by atoms with Gasteiger partial charge >= 0.3 is 11.9 Å². The van der Waals surface area contributed by atoms with E-state index in [0.717, 1.165) is 17.4 Å². The molecule has 4 heteroatoms. The first-order valence-corrected chi connectivity index (χ1v) is 8.47. The van der Waals surface area contributed by atoms with Gasteiger partial charge in [0.15, 0.2) is 0 Å². The summed E-state index contributed by atoms with van der Waals surface area (Å²) in [6.07, 6.45) is 2.02. The normalized spacial score (nSPS) is 22.8. The van der Waals surface area contributed by atoms with E-state index in [9.17, 15) is 14.7 Å². The summed E-state index contributed by atoms with van der Waals surface area (Å²) < 4.78 is 5.13. The van der Waals surface area contributed by atoms with Crippen LogP contribution in [0, 0.1) is 17.8 Å². The number of ether oxygens (including phenoxy) is 1. The molecule has 0 aromatic heterocycles. The van der Waals surface area contributed by atoms with Crippen LogP contribution in [0.1, 0.15) is 25.3 Å². The third kappa shape index (κ3) is 3.28. The van der Waals surface area contributed by atoms with Crippen LogP contribution in [-0.4, -0.2) is 23.7 Å². The minimum absolute atomic E-state index is 0.0113. The van der Waals surface area contributed by atoms with Gasteiger partial charge in [0.2, 0.25) is 0 Å². The van der Waals surface area contributed by atoms with E-state index in [4.69, 9.17) is 4.74 Å². The molecule has 1 aliphatic carbocycles. The number of hydrogen-bond donors (Lipinski definition) is 1. The molecular formula is C20H22O4. The molecule has 1 aliphatic rings. The Labute approximate surface area is 141 Å². The average Bonchev–Trinajstić information content (AvgIpc) is 2.55. The van der Waals surface area contributed by atoms with Crippen molar-refractivity contribution >= 4 is 22.7 Å². The number of rotatable bonds is 6. The molecule has 0 saturated heterocycles. The lowest BCUT2D eigenvalue weighted by atomic mass is 9.62. The monoisotopic (exact) mass is 326 g/mol. The second-order valence-corrected chi connectivity index (χ2v) is 6.52. The van der Waals surface area contributed by atoms with Gasteiger partial charge in [-0.25, -0.2) is 0 Å². The molecule has 0 bridgehead atoms. The van der Waals surface area contributed by atoms with Crippen molar-refractivity contribution in [2.24, 2.45) is 17.8 Å². The van der Waals surface area contributed by atoms with Crippen LogP contribution in [0.25, 0.3) is 10.8 Å². The Hall–Kier alpha value is -2.36. The van der Waals surface area contributed by atoms with Crippen LogP contribution in [0.2, 0.25) is 0 Å². The number of carboxylic acid groups (broad SMARTS) is 1. The highest BCUT2D eigenvalue weighted by atomic mass is 16.5. The highest BCUT2D eigenvalue weighted by Crippen LogP contribution is 2.43. The Kier molecular flexibility index (Phi) is 4.84. The first-order valence-electron chi connectivity index (χ1n) is 8.47. The average molecular weight is 326 g/mol. The van der Waals surface area contributed by atoms with Gasteiger partial charge in [0, 0.05) is 0 Å². The van der Waals surface area contributed by atoms with E-state index < -0.39 is 17.8 Å². The minimum atomic E-state index is -0.898. The van der Waals surface area contributed by atoms with Gasteiger partial charge in [-0.05, 0) is 41.5 Å². The minimum Gasteiger partial charge on any atom is -0.481 e. The van der Waals surface area contributed by atoms with E-state index >= 15 is 0 Å². The molecule has 0 amide bonds. The first-order chi connectivity index (χ1) is 11.6. The summed E-state index contributed by atoms with van der Waals surface area (Å²) in [6, 6.07) is 14.3. The standard InChI is InChI=1S/C20H22O4/c1-2-9-24-20(23)17-12-16(18(17)19(21)22)11-13-7-8-14-5-3-4-6-15(14)10-13/h3-8,10,16-18H,2,9,11-12H2,1H3,(H,21,22). The summed E-state index contributed by atoms with van der Waals surface area (Å²) in [4.78, 5) is 23.6. The maximum atomic E-state index is 12.0. The Bertz CT molecular complexity index is 752. The van der Waals surface area contributed by atoms with Crippen LogP contribution < -0.4 is 0 Å².